The quantitative estimate of drug-likeness (QED) is 0.359. The lowest BCUT2D eigenvalue weighted by Crippen LogP contribution is -2.41. The van der Waals surface area contributed by atoms with Crippen molar-refractivity contribution in [3.8, 4) is 0 Å². The molecule has 2 aromatic carbocycles. The van der Waals surface area contributed by atoms with Crippen LogP contribution < -0.4 is 5.32 Å². The summed E-state index contributed by atoms with van der Waals surface area (Å²) in [5, 5.41) is 14.5. The first kappa shape index (κ1) is 21.3. The number of rotatable bonds is 6. The molecule has 0 atom stereocenters. The number of furan rings is 1. The van der Waals surface area contributed by atoms with Crippen LogP contribution >= 0.6 is 0 Å². The first-order chi connectivity index (χ1) is 15.5. The van der Waals surface area contributed by atoms with E-state index in [0.717, 1.165) is 18.2 Å². The minimum atomic E-state index is -0.463. The molecular formula is C24H23N3O5. The number of hydrogen-bond acceptors (Lipinski definition) is 5. The number of fused-ring (bicyclic) bond motifs is 1. The molecule has 0 aliphatic carbocycles. The number of benzene rings is 2. The maximum atomic E-state index is 12.7. The highest BCUT2D eigenvalue weighted by atomic mass is 16.6. The van der Waals surface area contributed by atoms with Gasteiger partial charge >= 0.3 is 0 Å². The van der Waals surface area contributed by atoms with E-state index in [2.05, 4.69) is 5.32 Å². The lowest BCUT2D eigenvalue weighted by atomic mass is 9.96. The standard InChI is InChI=1S/C24H23N3O5/c28-23(10-7-17-5-8-20(9-6-17)27(30)31)25-16-18-11-13-26(14-12-18)24(29)22-15-19-3-1-2-4-21(19)32-22/h1-10,15,18H,11-14,16H2,(H,25,28)/b10-7+. The molecule has 3 aromatic rings. The minimum Gasteiger partial charge on any atom is -0.451 e. The fourth-order valence-corrected chi connectivity index (χ4v) is 3.77. The smallest absolute Gasteiger partial charge is 0.289 e. The van der Waals surface area contributed by atoms with E-state index in [4.69, 9.17) is 4.42 Å². The summed E-state index contributed by atoms with van der Waals surface area (Å²) in [5.41, 5.74) is 1.43. The van der Waals surface area contributed by atoms with Crippen molar-refractivity contribution in [3.05, 3.63) is 82.1 Å². The van der Waals surface area contributed by atoms with E-state index >= 15 is 0 Å². The van der Waals surface area contributed by atoms with Crippen molar-refractivity contribution in [3.63, 3.8) is 0 Å². The topological polar surface area (TPSA) is 106 Å². The van der Waals surface area contributed by atoms with Gasteiger partial charge in [0.05, 0.1) is 4.92 Å². The van der Waals surface area contributed by atoms with E-state index in [9.17, 15) is 19.7 Å². The molecule has 2 amide bonds. The lowest BCUT2D eigenvalue weighted by molar-refractivity contribution is -0.384. The van der Waals surface area contributed by atoms with Gasteiger partial charge in [0.15, 0.2) is 5.76 Å². The van der Waals surface area contributed by atoms with Crippen molar-refractivity contribution >= 4 is 34.5 Å². The molecule has 1 aliphatic rings. The molecule has 0 unspecified atom stereocenters. The van der Waals surface area contributed by atoms with Crippen molar-refractivity contribution in [1.82, 2.24) is 10.2 Å². The SMILES string of the molecule is O=C(/C=C/c1ccc([N+](=O)[O-])cc1)NCC1CCN(C(=O)c2cc3ccccc3o2)CC1. The van der Waals surface area contributed by atoms with Gasteiger partial charge in [-0.1, -0.05) is 18.2 Å². The van der Waals surface area contributed by atoms with E-state index in [-0.39, 0.29) is 17.5 Å². The predicted molar refractivity (Wildman–Crippen MR) is 120 cm³/mol. The zero-order chi connectivity index (χ0) is 22.5. The van der Waals surface area contributed by atoms with Crippen LogP contribution in [-0.4, -0.2) is 41.3 Å². The summed E-state index contributed by atoms with van der Waals surface area (Å²) >= 11 is 0. The van der Waals surface area contributed by atoms with E-state index in [1.165, 1.54) is 18.2 Å². The number of amides is 2. The second-order valence-corrected chi connectivity index (χ2v) is 7.81. The van der Waals surface area contributed by atoms with Gasteiger partial charge in [-0.05, 0) is 54.7 Å². The number of piperidine rings is 1. The predicted octanol–water partition coefficient (Wildman–Crippen LogP) is 4.02. The number of hydrogen-bond donors (Lipinski definition) is 1. The summed E-state index contributed by atoms with van der Waals surface area (Å²) in [7, 11) is 0. The molecule has 1 aromatic heterocycles. The van der Waals surface area contributed by atoms with Gasteiger partial charge in [0.2, 0.25) is 5.91 Å². The largest absolute Gasteiger partial charge is 0.451 e. The fraction of sp³-hybridized carbons (Fsp3) is 0.250. The van der Waals surface area contributed by atoms with Gasteiger partial charge in [-0.2, -0.15) is 0 Å². The Kier molecular flexibility index (Phi) is 6.30. The second kappa shape index (κ2) is 9.47. The van der Waals surface area contributed by atoms with Crippen LogP contribution in [0.4, 0.5) is 5.69 Å². The molecule has 1 N–H and O–H groups in total. The fourth-order valence-electron chi connectivity index (χ4n) is 3.77. The molecule has 1 fully saturated rings. The Labute approximate surface area is 184 Å². The molecular weight excluding hydrogens is 410 g/mol. The molecule has 0 spiro atoms. The number of non-ortho nitro benzene ring substituents is 1. The Morgan fingerprint density at radius 3 is 2.53 bits per heavy atom. The Hall–Kier alpha value is -3.94. The van der Waals surface area contributed by atoms with E-state index in [1.54, 1.807) is 29.2 Å². The maximum Gasteiger partial charge on any atom is 0.289 e. The molecule has 4 rings (SSSR count). The number of carbonyl (C=O) groups is 2. The van der Waals surface area contributed by atoms with Crippen LogP contribution in [0.15, 0.2) is 65.1 Å². The van der Waals surface area contributed by atoms with Gasteiger partial charge in [0.1, 0.15) is 5.58 Å². The van der Waals surface area contributed by atoms with Crippen LogP contribution in [0.5, 0.6) is 0 Å². The normalized spacial score (nSPS) is 14.7. The number of likely N-dealkylation sites (tertiary alicyclic amines) is 1. The Morgan fingerprint density at radius 1 is 1.12 bits per heavy atom. The van der Waals surface area contributed by atoms with E-state index in [1.807, 2.05) is 24.3 Å². The van der Waals surface area contributed by atoms with Gasteiger partial charge < -0.3 is 14.6 Å². The van der Waals surface area contributed by atoms with E-state index in [0.29, 0.717) is 42.5 Å². The Morgan fingerprint density at radius 2 is 1.84 bits per heavy atom. The van der Waals surface area contributed by atoms with Gasteiger partial charge in [-0.15, -0.1) is 0 Å². The van der Waals surface area contributed by atoms with Crippen LogP contribution in [-0.2, 0) is 4.79 Å². The summed E-state index contributed by atoms with van der Waals surface area (Å²) in [6, 6.07) is 15.3. The first-order valence-corrected chi connectivity index (χ1v) is 10.5. The van der Waals surface area contributed by atoms with Crippen molar-refractivity contribution in [1.29, 1.82) is 0 Å². The summed E-state index contributed by atoms with van der Waals surface area (Å²) in [4.78, 5) is 36.8. The molecule has 1 saturated heterocycles. The van der Waals surface area contributed by atoms with Gasteiger partial charge in [0, 0.05) is 43.2 Å². The maximum absolute atomic E-state index is 12.7. The van der Waals surface area contributed by atoms with Gasteiger partial charge in [-0.3, -0.25) is 19.7 Å². The number of nitrogens with one attached hydrogen (secondary N) is 1. The first-order valence-electron chi connectivity index (χ1n) is 10.5. The Balaban J connectivity index is 1.22. The summed E-state index contributed by atoms with van der Waals surface area (Å²) in [6.07, 6.45) is 4.64. The van der Waals surface area contributed by atoms with Crippen molar-refractivity contribution in [2.24, 2.45) is 5.92 Å². The molecule has 32 heavy (non-hydrogen) atoms. The summed E-state index contributed by atoms with van der Waals surface area (Å²) in [5.74, 6) is 0.333. The van der Waals surface area contributed by atoms with E-state index < -0.39 is 4.92 Å². The minimum absolute atomic E-state index is 0.0109. The van der Waals surface area contributed by atoms with Crippen LogP contribution in [0.3, 0.4) is 0 Å². The van der Waals surface area contributed by atoms with Crippen molar-refractivity contribution in [2.45, 2.75) is 12.8 Å². The molecule has 0 saturated carbocycles. The molecule has 0 radical (unpaired) electrons. The third-order valence-electron chi connectivity index (χ3n) is 5.63. The highest BCUT2D eigenvalue weighted by molar-refractivity contribution is 5.96. The average Bonchev–Trinajstić information content (AvgIpc) is 3.26. The molecule has 8 heteroatoms. The van der Waals surface area contributed by atoms with Crippen LogP contribution in [0, 0.1) is 16.0 Å². The second-order valence-electron chi connectivity index (χ2n) is 7.81. The third kappa shape index (κ3) is 5.03. The zero-order valence-corrected chi connectivity index (χ0v) is 17.4. The molecule has 8 nitrogen and oxygen atoms in total. The molecule has 0 bridgehead atoms. The molecule has 164 valence electrons. The number of carbonyl (C=O) groups excluding carboxylic acids is 2. The number of nitrogens with zero attached hydrogens (tertiary/aromatic N) is 2. The molecule has 2 heterocycles. The number of nitro benzene ring substituents is 1. The zero-order valence-electron chi connectivity index (χ0n) is 17.4. The van der Waals surface area contributed by atoms with Gasteiger partial charge in [0.25, 0.3) is 11.6 Å². The highest BCUT2D eigenvalue weighted by Crippen LogP contribution is 2.23. The van der Waals surface area contributed by atoms with Crippen LogP contribution in [0.25, 0.3) is 17.0 Å². The number of nitro groups is 1. The van der Waals surface area contributed by atoms with Gasteiger partial charge in [-0.25, -0.2) is 0 Å². The summed E-state index contributed by atoms with van der Waals surface area (Å²) in [6.45, 7) is 1.78. The summed E-state index contributed by atoms with van der Waals surface area (Å²) < 4.78 is 5.68. The number of para-hydroxylation sites is 1. The van der Waals surface area contributed by atoms with Crippen molar-refractivity contribution < 1.29 is 18.9 Å². The van der Waals surface area contributed by atoms with Crippen molar-refractivity contribution in [2.75, 3.05) is 19.6 Å². The monoisotopic (exact) mass is 433 g/mol. The average molecular weight is 433 g/mol. The molecule has 1 aliphatic heterocycles. The highest BCUT2D eigenvalue weighted by Gasteiger charge is 2.25. The van der Waals surface area contributed by atoms with Crippen LogP contribution in [0.2, 0.25) is 0 Å². The Bertz CT molecular complexity index is 1120. The third-order valence-corrected chi connectivity index (χ3v) is 5.63. The lowest BCUT2D eigenvalue weighted by Gasteiger charge is -2.31. The van der Waals surface area contributed by atoms with Crippen LogP contribution in [0.1, 0.15) is 29.0 Å².